The Hall–Kier alpha value is -0.910. The van der Waals surface area contributed by atoms with E-state index in [-0.39, 0.29) is 6.61 Å². The first kappa shape index (κ1) is 14.5. The van der Waals surface area contributed by atoms with E-state index >= 15 is 0 Å². The largest absolute Gasteiger partial charge is 0.395 e. The van der Waals surface area contributed by atoms with E-state index in [1.807, 2.05) is 0 Å². The van der Waals surface area contributed by atoms with Gasteiger partial charge in [-0.25, -0.2) is 0 Å². The molecule has 0 bridgehead atoms. The number of aliphatic hydroxyl groups is 1. The Morgan fingerprint density at radius 2 is 1.95 bits per heavy atom. The zero-order valence-corrected chi connectivity index (χ0v) is 12.2. The smallest absolute Gasteiger partial charge is 0.0597 e. The Kier molecular flexibility index (Phi) is 5.36. The molecule has 108 valence electrons. The van der Waals surface area contributed by atoms with E-state index in [4.69, 9.17) is 5.11 Å². The Labute approximate surface area is 115 Å². The summed E-state index contributed by atoms with van der Waals surface area (Å²) in [6, 6.07) is 2.19. The van der Waals surface area contributed by atoms with Crippen LogP contribution in [-0.2, 0) is 13.1 Å². The summed E-state index contributed by atoms with van der Waals surface area (Å²) in [5.41, 5.74) is 2.42. The van der Waals surface area contributed by atoms with Crippen molar-refractivity contribution in [3.63, 3.8) is 0 Å². The van der Waals surface area contributed by atoms with Gasteiger partial charge in [-0.2, -0.15) is 5.10 Å². The lowest BCUT2D eigenvalue weighted by Crippen LogP contribution is -2.32. The molecular formula is C14H26N4O. The fourth-order valence-electron chi connectivity index (χ4n) is 2.78. The highest BCUT2D eigenvalue weighted by molar-refractivity contribution is 5.08. The fourth-order valence-corrected chi connectivity index (χ4v) is 2.78. The second-order valence-electron chi connectivity index (χ2n) is 5.29. The number of aryl methyl sites for hydroxylation is 2. The minimum Gasteiger partial charge on any atom is -0.395 e. The van der Waals surface area contributed by atoms with Crippen molar-refractivity contribution in [3.05, 3.63) is 17.5 Å². The van der Waals surface area contributed by atoms with Crippen LogP contribution in [0.2, 0.25) is 0 Å². The molecule has 1 aliphatic rings. The molecule has 1 N–H and O–H groups in total. The summed E-state index contributed by atoms with van der Waals surface area (Å²) in [5, 5.41) is 13.5. The number of nitrogens with zero attached hydrogens (tertiary/aromatic N) is 4. The predicted molar refractivity (Wildman–Crippen MR) is 76.1 cm³/mol. The molecule has 0 amide bonds. The lowest BCUT2D eigenvalue weighted by molar-refractivity contribution is 0.195. The Balaban J connectivity index is 1.92. The summed E-state index contributed by atoms with van der Waals surface area (Å²) in [6.45, 7) is 11.6. The van der Waals surface area contributed by atoms with Crippen molar-refractivity contribution >= 4 is 0 Å². The first-order valence-corrected chi connectivity index (χ1v) is 7.32. The monoisotopic (exact) mass is 266 g/mol. The molecule has 1 aromatic rings. The van der Waals surface area contributed by atoms with Gasteiger partial charge in [0.25, 0.3) is 0 Å². The van der Waals surface area contributed by atoms with Gasteiger partial charge in [-0.05, 0) is 39.4 Å². The van der Waals surface area contributed by atoms with Crippen molar-refractivity contribution in [2.45, 2.75) is 33.4 Å². The van der Waals surface area contributed by atoms with Gasteiger partial charge in [0.2, 0.25) is 0 Å². The molecule has 0 spiro atoms. The van der Waals surface area contributed by atoms with Crippen molar-refractivity contribution in [2.75, 3.05) is 39.3 Å². The van der Waals surface area contributed by atoms with Crippen molar-refractivity contribution < 1.29 is 5.11 Å². The van der Waals surface area contributed by atoms with Crippen LogP contribution in [0, 0.1) is 6.92 Å². The van der Waals surface area contributed by atoms with Crippen LogP contribution >= 0.6 is 0 Å². The van der Waals surface area contributed by atoms with Gasteiger partial charge in [-0.3, -0.25) is 14.5 Å². The van der Waals surface area contributed by atoms with E-state index in [1.165, 1.54) is 12.1 Å². The summed E-state index contributed by atoms with van der Waals surface area (Å²) in [7, 11) is 0. The van der Waals surface area contributed by atoms with E-state index in [1.54, 1.807) is 0 Å². The standard InChI is InChI=1S/C14H26N4O/c1-3-18-14(11-13(2)15-18)12-17-6-4-5-16(7-8-17)9-10-19/h11,19H,3-10,12H2,1-2H3. The van der Waals surface area contributed by atoms with E-state index in [0.29, 0.717) is 0 Å². The van der Waals surface area contributed by atoms with Crippen LogP contribution in [0.3, 0.4) is 0 Å². The van der Waals surface area contributed by atoms with Gasteiger partial charge >= 0.3 is 0 Å². The normalized spacial score (nSPS) is 18.7. The summed E-state index contributed by atoms with van der Waals surface area (Å²) >= 11 is 0. The molecule has 2 heterocycles. The SMILES string of the molecule is CCn1nc(C)cc1CN1CCCN(CCO)CC1. The molecule has 1 aliphatic heterocycles. The van der Waals surface area contributed by atoms with Crippen molar-refractivity contribution in [2.24, 2.45) is 0 Å². The lowest BCUT2D eigenvalue weighted by Gasteiger charge is -2.21. The summed E-state index contributed by atoms with van der Waals surface area (Å²) in [4.78, 5) is 4.85. The maximum atomic E-state index is 9.02. The number of rotatable bonds is 5. The molecular weight excluding hydrogens is 240 g/mol. The first-order chi connectivity index (χ1) is 9.22. The van der Waals surface area contributed by atoms with Gasteiger partial charge < -0.3 is 5.11 Å². The van der Waals surface area contributed by atoms with Gasteiger partial charge in [0.15, 0.2) is 0 Å². The summed E-state index contributed by atoms with van der Waals surface area (Å²) in [6.07, 6.45) is 1.18. The maximum Gasteiger partial charge on any atom is 0.0597 e. The van der Waals surface area contributed by atoms with E-state index < -0.39 is 0 Å². The number of β-amino-alcohol motifs (C(OH)–C–C–N with tert-alkyl or cyclic N) is 1. The van der Waals surface area contributed by atoms with Crippen LogP contribution in [0.1, 0.15) is 24.7 Å². The molecule has 0 atom stereocenters. The van der Waals surface area contributed by atoms with E-state index in [0.717, 1.165) is 51.5 Å². The highest BCUT2D eigenvalue weighted by Gasteiger charge is 2.16. The van der Waals surface area contributed by atoms with Crippen LogP contribution in [-0.4, -0.2) is 64.0 Å². The molecule has 19 heavy (non-hydrogen) atoms. The molecule has 0 aliphatic carbocycles. The van der Waals surface area contributed by atoms with Crippen LogP contribution in [0.5, 0.6) is 0 Å². The molecule has 5 heteroatoms. The quantitative estimate of drug-likeness (QED) is 0.852. The molecule has 1 saturated heterocycles. The number of aromatic nitrogens is 2. The molecule has 0 saturated carbocycles. The van der Waals surface area contributed by atoms with Crippen LogP contribution in [0.25, 0.3) is 0 Å². The minimum atomic E-state index is 0.266. The average molecular weight is 266 g/mol. The summed E-state index contributed by atoms with van der Waals surface area (Å²) < 4.78 is 2.10. The summed E-state index contributed by atoms with van der Waals surface area (Å²) in [5.74, 6) is 0. The predicted octanol–water partition coefficient (Wildman–Crippen LogP) is 0.711. The molecule has 2 rings (SSSR count). The second kappa shape index (κ2) is 7.03. The zero-order chi connectivity index (χ0) is 13.7. The fraction of sp³-hybridized carbons (Fsp3) is 0.786. The van der Waals surface area contributed by atoms with E-state index in [9.17, 15) is 0 Å². The van der Waals surface area contributed by atoms with Gasteiger partial charge in [0.1, 0.15) is 0 Å². The Morgan fingerprint density at radius 3 is 2.68 bits per heavy atom. The third kappa shape index (κ3) is 4.03. The van der Waals surface area contributed by atoms with Gasteiger partial charge in [-0.1, -0.05) is 0 Å². The van der Waals surface area contributed by atoms with Crippen LogP contribution in [0.15, 0.2) is 6.07 Å². The van der Waals surface area contributed by atoms with Crippen molar-refractivity contribution in [1.82, 2.24) is 19.6 Å². The third-order valence-corrected chi connectivity index (χ3v) is 3.77. The molecule has 1 aromatic heterocycles. The topological polar surface area (TPSA) is 44.5 Å². The van der Waals surface area contributed by atoms with Crippen LogP contribution < -0.4 is 0 Å². The first-order valence-electron chi connectivity index (χ1n) is 7.32. The van der Waals surface area contributed by atoms with Gasteiger partial charge in [0, 0.05) is 32.7 Å². The highest BCUT2D eigenvalue weighted by atomic mass is 16.3. The van der Waals surface area contributed by atoms with Crippen LogP contribution in [0.4, 0.5) is 0 Å². The molecule has 1 fully saturated rings. The third-order valence-electron chi connectivity index (χ3n) is 3.77. The maximum absolute atomic E-state index is 9.02. The van der Waals surface area contributed by atoms with Gasteiger partial charge in [-0.15, -0.1) is 0 Å². The zero-order valence-electron chi connectivity index (χ0n) is 12.2. The Bertz CT molecular complexity index is 391. The number of hydrogen-bond acceptors (Lipinski definition) is 4. The molecule has 5 nitrogen and oxygen atoms in total. The molecule has 0 radical (unpaired) electrons. The highest BCUT2D eigenvalue weighted by Crippen LogP contribution is 2.10. The number of aliphatic hydroxyl groups excluding tert-OH is 1. The lowest BCUT2D eigenvalue weighted by atomic mass is 10.3. The molecule has 0 aromatic carbocycles. The van der Waals surface area contributed by atoms with Crippen molar-refractivity contribution in [1.29, 1.82) is 0 Å². The van der Waals surface area contributed by atoms with Gasteiger partial charge in [0.05, 0.1) is 18.0 Å². The second-order valence-corrected chi connectivity index (χ2v) is 5.29. The number of hydrogen-bond donors (Lipinski definition) is 1. The average Bonchev–Trinajstić information content (AvgIpc) is 2.59. The Morgan fingerprint density at radius 1 is 1.21 bits per heavy atom. The van der Waals surface area contributed by atoms with Crippen molar-refractivity contribution in [3.8, 4) is 0 Å². The van der Waals surface area contributed by atoms with E-state index in [2.05, 4.69) is 39.5 Å². The molecule has 0 unspecified atom stereocenters. The minimum absolute atomic E-state index is 0.266.